The van der Waals surface area contributed by atoms with Gasteiger partial charge in [0.1, 0.15) is 0 Å². The normalized spacial score (nSPS) is 10.9. The molecule has 0 radical (unpaired) electrons. The first-order valence-corrected chi connectivity index (χ1v) is 9.91. The second kappa shape index (κ2) is 7.37. The van der Waals surface area contributed by atoms with Gasteiger partial charge in [0.25, 0.3) is 0 Å². The van der Waals surface area contributed by atoms with Crippen LogP contribution < -0.4 is 0 Å². The zero-order chi connectivity index (χ0) is 19.6. The molecule has 0 bridgehead atoms. The van der Waals surface area contributed by atoms with Gasteiger partial charge in [-0.1, -0.05) is 91.0 Å². The molecule has 1 heteroatoms. The Balaban J connectivity index is 1.79. The summed E-state index contributed by atoms with van der Waals surface area (Å²) in [6, 6.07) is 38.4. The SMILES string of the molecule is Cc1ccccc1-c1cc(-c2ccccc2)c2cc(-c3ccccc3)ccc2n1. The van der Waals surface area contributed by atoms with Crippen molar-refractivity contribution in [3.05, 3.63) is 115 Å². The zero-order valence-corrected chi connectivity index (χ0v) is 16.3. The van der Waals surface area contributed by atoms with Crippen LogP contribution in [0, 0.1) is 6.92 Å². The summed E-state index contributed by atoms with van der Waals surface area (Å²) in [6.07, 6.45) is 0. The fourth-order valence-electron chi connectivity index (χ4n) is 3.89. The molecule has 1 aromatic heterocycles. The molecule has 1 heterocycles. The minimum atomic E-state index is 1.02. The summed E-state index contributed by atoms with van der Waals surface area (Å²) in [5.74, 6) is 0. The van der Waals surface area contributed by atoms with Gasteiger partial charge in [0.15, 0.2) is 0 Å². The molecule has 138 valence electrons. The van der Waals surface area contributed by atoms with Gasteiger partial charge in [0, 0.05) is 10.9 Å². The Bertz CT molecular complexity index is 1290. The lowest BCUT2D eigenvalue weighted by atomic mass is 9.95. The monoisotopic (exact) mass is 371 g/mol. The molecule has 1 nitrogen and oxygen atoms in total. The van der Waals surface area contributed by atoms with Gasteiger partial charge in [-0.05, 0) is 52.9 Å². The van der Waals surface area contributed by atoms with E-state index in [2.05, 4.69) is 116 Å². The van der Waals surface area contributed by atoms with E-state index in [1.54, 1.807) is 0 Å². The first-order valence-electron chi connectivity index (χ1n) is 9.91. The Kier molecular flexibility index (Phi) is 4.42. The van der Waals surface area contributed by atoms with Crippen LogP contribution in [-0.4, -0.2) is 4.98 Å². The van der Waals surface area contributed by atoms with Gasteiger partial charge in [-0.2, -0.15) is 0 Å². The van der Waals surface area contributed by atoms with Crippen molar-refractivity contribution >= 4 is 10.9 Å². The van der Waals surface area contributed by atoms with Crippen molar-refractivity contribution in [1.82, 2.24) is 4.98 Å². The summed E-state index contributed by atoms with van der Waals surface area (Å²) in [5, 5.41) is 1.18. The number of hydrogen-bond donors (Lipinski definition) is 0. The van der Waals surface area contributed by atoms with Gasteiger partial charge in [-0.25, -0.2) is 4.98 Å². The van der Waals surface area contributed by atoms with Crippen LogP contribution in [0.3, 0.4) is 0 Å². The summed E-state index contributed by atoms with van der Waals surface area (Å²) in [4.78, 5) is 5.03. The number of fused-ring (bicyclic) bond motifs is 1. The molecule has 0 unspecified atom stereocenters. The average Bonchev–Trinajstić information content (AvgIpc) is 2.79. The van der Waals surface area contributed by atoms with E-state index in [0.29, 0.717) is 0 Å². The average molecular weight is 371 g/mol. The summed E-state index contributed by atoms with van der Waals surface area (Å²) < 4.78 is 0. The minimum absolute atomic E-state index is 1.02. The summed E-state index contributed by atoms with van der Waals surface area (Å²) >= 11 is 0. The highest BCUT2D eigenvalue weighted by molar-refractivity contribution is 5.99. The topological polar surface area (TPSA) is 12.9 Å². The first-order chi connectivity index (χ1) is 14.3. The standard InChI is InChI=1S/C28H21N/c1-20-10-8-9-15-24(20)28-19-25(22-13-6-3-7-14-22)26-18-23(16-17-27(26)29-28)21-11-4-2-5-12-21/h2-19H,1H3. The molecule has 0 aliphatic rings. The number of rotatable bonds is 3. The third-order valence-electron chi connectivity index (χ3n) is 5.42. The van der Waals surface area contributed by atoms with Crippen LogP contribution in [-0.2, 0) is 0 Å². The second-order valence-corrected chi connectivity index (χ2v) is 7.33. The number of aromatic nitrogens is 1. The number of benzene rings is 4. The zero-order valence-electron chi connectivity index (χ0n) is 16.3. The van der Waals surface area contributed by atoms with Crippen LogP contribution in [0.1, 0.15) is 5.56 Å². The summed E-state index contributed by atoms with van der Waals surface area (Å²) in [5.41, 5.74) is 9.30. The number of hydrogen-bond acceptors (Lipinski definition) is 1. The molecule has 0 saturated carbocycles. The van der Waals surface area contributed by atoms with E-state index in [1.165, 1.54) is 38.8 Å². The van der Waals surface area contributed by atoms with Crippen molar-refractivity contribution in [3.8, 4) is 33.5 Å². The summed E-state index contributed by atoms with van der Waals surface area (Å²) in [7, 11) is 0. The van der Waals surface area contributed by atoms with E-state index in [9.17, 15) is 0 Å². The highest BCUT2D eigenvalue weighted by Crippen LogP contribution is 2.35. The summed E-state index contributed by atoms with van der Waals surface area (Å²) in [6.45, 7) is 2.14. The highest BCUT2D eigenvalue weighted by Gasteiger charge is 2.12. The predicted octanol–water partition coefficient (Wildman–Crippen LogP) is 7.54. The van der Waals surface area contributed by atoms with Gasteiger partial charge in [0.05, 0.1) is 11.2 Å². The molecule has 5 rings (SSSR count). The van der Waals surface area contributed by atoms with Crippen molar-refractivity contribution in [2.75, 3.05) is 0 Å². The van der Waals surface area contributed by atoms with Crippen molar-refractivity contribution in [3.63, 3.8) is 0 Å². The highest BCUT2D eigenvalue weighted by atomic mass is 14.7. The van der Waals surface area contributed by atoms with Crippen molar-refractivity contribution in [2.45, 2.75) is 6.92 Å². The Morgan fingerprint density at radius 1 is 0.517 bits per heavy atom. The van der Waals surface area contributed by atoms with E-state index >= 15 is 0 Å². The number of pyridine rings is 1. The third kappa shape index (κ3) is 3.32. The maximum Gasteiger partial charge on any atom is 0.0718 e. The molecule has 5 aromatic rings. The largest absolute Gasteiger partial charge is 0.248 e. The van der Waals surface area contributed by atoms with Gasteiger partial charge in [0.2, 0.25) is 0 Å². The molecule has 0 atom stereocenters. The van der Waals surface area contributed by atoms with Gasteiger partial charge >= 0.3 is 0 Å². The van der Waals surface area contributed by atoms with E-state index in [1.807, 2.05) is 0 Å². The smallest absolute Gasteiger partial charge is 0.0718 e. The second-order valence-electron chi connectivity index (χ2n) is 7.33. The quantitative estimate of drug-likeness (QED) is 0.319. The molecule has 0 amide bonds. The van der Waals surface area contributed by atoms with Crippen LogP contribution in [0.5, 0.6) is 0 Å². The van der Waals surface area contributed by atoms with Gasteiger partial charge < -0.3 is 0 Å². The van der Waals surface area contributed by atoms with Crippen molar-refractivity contribution in [1.29, 1.82) is 0 Å². The van der Waals surface area contributed by atoms with Crippen LogP contribution in [0.4, 0.5) is 0 Å². The van der Waals surface area contributed by atoms with Crippen molar-refractivity contribution < 1.29 is 0 Å². The predicted molar refractivity (Wildman–Crippen MR) is 123 cm³/mol. The fraction of sp³-hybridized carbons (Fsp3) is 0.0357. The van der Waals surface area contributed by atoms with Gasteiger partial charge in [-0.3, -0.25) is 0 Å². The Labute approximate surface area is 171 Å². The Morgan fingerprint density at radius 2 is 1.17 bits per heavy atom. The first kappa shape index (κ1) is 17.4. The molecule has 0 N–H and O–H groups in total. The fourth-order valence-corrected chi connectivity index (χ4v) is 3.89. The van der Waals surface area contributed by atoms with Crippen molar-refractivity contribution in [2.24, 2.45) is 0 Å². The van der Waals surface area contributed by atoms with Crippen LogP contribution in [0.15, 0.2) is 109 Å². The molecular weight excluding hydrogens is 350 g/mol. The third-order valence-corrected chi connectivity index (χ3v) is 5.42. The molecule has 0 saturated heterocycles. The Hall–Kier alpha value is -3.71. The molecule has 0 aliphatic carbocycles. The molecular formula is C28H21N. The van der Waals surface area contributed by atoms with E-state index in [0.717, 1.165) is 11.2 Å². The van der Waals surface area contributed by atoms with Crippen LogP contribution in [0.2, 0.25) is 0 Å². The molecule has 4 aromatic carbocycles. The number of nitrogens with zero attached hydrogens (tertiary/aromatic N) is 1. The van der Waals surface area contributed by atoms with Gasteiger partial charge in [-0.15, -0.1) is 0 Å². The minimum Gasteiger partial charge on any atom is -0.248 e. The van der Waals surface area contributed by atoms with Crippen LogP contribution in [0.25, 0.3) is 44.4 Å². The maximum absolute atomic E-state index is 5.03. The Morgan fingerprint density at radius 3 is 1.90 bits per heavy atom. The molecule has 0 spiro atoms. The molecule has 29 heavy (non-hydrogen) atoms. The maximum atomic E-state index is 5.03. The van der Waals surface area contributed by atoms with Crippen LogP contribution >= 0.6 is 0 Å². The van der Waals surface area contributed by atoms with E-state index < -0.39 is 0 Å². The molecule has 0 fully saturated rings. The lowest BCUT2D eigenvalue weighted by Crippen LogP contribution is -1.92. The number of aryl methyl sites for hydroxylation is 1. The lowest BCUT2D eigenvalue weighted by Gasteiger charge is -2.13. The van der Waals surface area contributed by atoms with E-state index in [-0.39, 0.29) is 0 Å². The van der Waals surface area contributed by atoms with E-state index in [4.69, 9.17) is 4.98 Å². The molecule has 0 aliphatic heterocycles. The lowest BCUT2D eigenvalue weighted by molar-refractivity contribution is 1.36.